The highest BCUT2D eigenvalue weighted by atomic mass is 16.5. The maximum Gasteiger partial charge on any atom is 0.122 e. The molecule has 2 nitrogen and oxygen atoms in total. The van der Waals surface area contributed by atoms with Gasteiger partial charge in [-0.2, -0.15) is 0 Å². The molecule has 0 N–H and O–H groups in total. The minimum Gasteiger partial charge on any atom is -0.496 e. The molecule has 0 spiro atoms. The van der Waals surface area contributed by atoms with Crippen LogP contribution in [-0.4, -0.2) is 31.1 Å². The highest BCUT2D eigenvalue weighted by Crippen LogP contribution is 2.37. The van der Waals surface area contributed by atoms with Gasteiger partial charge in [-0.25, -0.2) is 0 Å². The van der Waals surface area contributed by atoms with E-state index >= 15 is 0 Å². The summed E-state index contributed by atoms with van der Waals surface area (Å²) in [7, 11) is 1.78. The summed E-state index contributed by atoms with van der Waals surface area (Å²) in [6, 6.07) is 9.41. The first-order valence-corrected chi connectivity index (χ1v) is 7.25. The smallest absolute Gasteiger partial charge is 0.122 e. The fourth-order valence-electron chi connectivity index (χ4n) is 3.65. The normalized spacial score (nSPS) is 28.7. The Hall–Kier alpha value is -1.02. The molecule has 0 aliphatic carbocycles. The first-order valence-electron chi connectivity index (χ1n) is 7.25. The van der Waals surface area contributed by atoms with Crippen molar-refractivity contribution in [1.29, 1.82) is 0 Å². The largest absolute Gasteiger partial charge is 0.496 e. The number of rotatable bonds is 2. The van der Waals surface area contributed by atoms with Crippen LogP contribution in [0.5, 0.6) is 5.75 Å². The Kier molecular flexibility index (Phi) is 3.55. The number of ether oxygens (including phenoxy) is 1. The molecule has 2 atom stereocenters. The second-order valence-electron chi connectivity index (χ2n) is 5.66. The third-order valence-corrected chi connectivity index (χ3v) is 4.63. The molecular weight excluding hydrogens is 222 g/mol. The van der Waals surface area contributed by atoms with E-state index in [1.165, 1.54) is 50.8 Å². The molecular formula is C16H23NO. The van der Waals surface area contributed by atoms with Crippen molar-refractivity contribution in [2.24, 2.45) is 0 Å². The fourth-order valence-corrected chi connectivity index (χ4v) is 3.65. The molecule has 0 bridgehead atoms. The summed E-state index contributed by atoms with van der Waals surface area (Å²) < 4.78 is 5.52. The van der Waals surface area contributed by atoms with Gasteiger partial charge in [-0.1, -0.05) is 24.6 Å². The van der Waals surface area contributed by atoms with Crippen LogP contribution in [0.3, 0.4) is 0 Å². The topological polar surface area (TPSA) is 12.5 Å². The number of methoxy groups -OCH3 is 1. The van der Waals surface area contributed by atoms with Crippen molar-refractivity contribution in [2.45, 2.75) is 44.1 Å². The number of hydrogen-bond acceptors (Lipinski definition) is 2. The molecule has 18 heavy (non-hydrogen) atoms. The van der Waals surface area contributed by atoms with E-state index < -0.39 is 0 Å². The Morgan fingerprint density at radius 3 is 2.89 bits per heavy atom. The number of piperidine rings is 2. The lowest BCUT2D eigenvalue weighted by Crippen LogP contribution is -2.45. The van der Waals surface area contributed by atoms with E-state index in [1.54, 1.807) is 7.11 Å². The Balaban J connectivity index is 1.77. The predicted octanol–water partition coefficient (Wildman–Crippen LogP) is 3.43. The van der Waals surface area contributed by atoms with Gasteiger partial charge in [-0.15, -0.1) is 0 Å². The van der Waals surface area contributed by atoms with E-state index in [0.29, 0.717) is 5.92 Å². The van der Waals surface area contributed by atoms with Gasteiger partial charge in [0.05, 0.1) is 7.11 Å². The number of nitrogens with zero attached hydrogens (tertiary/aromatic N) is 1. The van der Waals surface area contributed by atoms with Gasteiger partial charge in [-0.05, 0) is 43.9 Å². The van der Waals surface area contributed by atoms with Crippen LogP contribution in [0.15, 0.2) is 24.3 Å². The van der Waals surface area contributed by atoms with Gasteiger partial charge in [0.25, 0.3) is 0 Å². The molecule has 0 radical (unpaired) electrons. The van der Waals surface area contributed by atoms with E-state index in [0.717, 1.165) is 11.8 Å². The zero-order valence-electron chi connectivity index (χ0n) is 11.3. The number of hydrogen-bond donors (Lipinski definition) is 0. The Labute approximate surface area is 110 Å². The standard InChI is InChI=1S/C16H23NO/c1-18-16-8-3-2-7-15(16)13-9-10-14-6-4-5-11-17(14)12-13/h2-3,7-8,13-14H,4-6,9-12H2,1H3/t13-,14-/m0/s1. The van der Waals surface area contributed by atoms with Gasteiger partial charge in [0.15, 0.2) is 0 Å². The van der Waals surface area contributed by atoms with Gasteiger partial charge >= 0.3 is 0 Å². The van der Waals surface area contributed by atoms with Crippen LogP contribution in [0.25, 0.3) is 0 Å². The Bertz CT molecular complexity index is 404. The van der Waals surface area contributed by atoms with E-state index in [4.69, 9.17) is 4.74 Å². The monoisotopic (exact) mass is 245 g/mol. The molecule has 1 aromatic rings. The Morgan fingerprint density at radius 1 is 1.11 bits per heavy atom. The fraction of sp³-hybridized carbons (Fsp3) is 0.625. The summed E-state index contributed by atoms with van der Waals surface area (Å²) in [4.78, 5) is 2.71. The van der Waals surface area contributed by atoms with E-state index in [-0.39, 0.29) is 0 Å². The second kappa shape index (κ2) is 5.31. The molecule has 0 unspecified atom stereocenters. The van der Waals surface area contributed by atoms with Crippen molar-refractivity contribution in [3.8, 4) is 5.75 Å². The molecule has 2 aliphatic heterocycles. The van der Waals surface area contributed by atoms with Gasteiger partial charge in [0, 0.05) is 18.5 Å². The van der Waals surface area contributed by atoms with Crippen LogP contribution in [0.4, 0.5) is 0 Å². The minimum absolute atomic E-state index is 0.662. The number of benzene rings is 1. The van der Waals surface area contributed by atoms with Gasteiger partial charge in [-0.3, -0.25) is 4.90 Å². The molecule has 2 fully saturated rings. The summed E-state index contributed by atoms with van der Waals surface area (Å²) in [5.41, 5.74) is 1.41. The van der Waals surface area contributed by atoms with Gasteiger partial charge in [0.2, 0.25) is 0 Å². The number of fused-ring (bicyclic) bond motifs is 1. The van der Waals surface area contributed by atoms with Crippen LogP contribution in [0.1, 0.15) is 43.6 Å². The summed E-state index contributed by atoms with van der Waals surface area (Å²) in [6.07, 6.45) is 6.92. The molecule has 0 aromatic heterocycles. The minimum atomic E-state index is 0.662. The molecule has 3 rings (SSSR count). The zero-order valence-corrected chi connectivity index (χ0v) is 11.3. The summed E-state index contributed by atoms with van der Waals surface area (Å²) in [6.45, 7) is 2.53. The molecule has 0 amide bonds. The summed E-state index contributed by atoms with van der Waals surface area (Å²) >= 11 is 0. The molecule has 2 heterocycles. The maximum absolute atomic E-state index is 5.52. The highest BCUT2D eigenvalue weighted by molar-refractivity contribution is 5.36. The molecule has 2 saturated heterocycles. The molecule has 1 aromatic carbocycles. The quantitative estimate of drug-likeness (QED) is 0.791. The van der Waals surface area contributed by atoms with E-state index in [1.807, 2.05) is 0 Å². The van der Waals surface area contributed by atoms with Crippen molar-refractivity contribution >= 4 is 0 Å². The van der Waals surface area contributed by atoms with Crippen molar-refractivity contribution in [1.82, 2.24) is 4.90 Å². The summed E-state index contributed by atoms with van der Waals surface area (Å²) in [5, 5.41) is 0. The van der Waals surface area contributed by atoms with Gasteiger partial charge < -0.3 is 4.74 Å². The third kappa shape index (κ3) is 2.26. The first-order chi connectivity index (χ1) is 8.88. The van der Waals surface area contributed by atoms with E-state index in [2.05, 4.69) is 29.2 Å². The molecule has 2 heteroatoms. The third-order valence-electron chi connectivity index (χ3n) is 4.63. The lowest BCUT2D eigenvalue weighted by molar-refractivity contribution is 0.0953. The lowest BCUT2D eigenvalue weighted by atomic mass is 9.83. The molecule has 0 saturated carbocycles. The van der Waals surface area contributed by atoms with Crippen LogP contribution in [0, 0.1) is 0 Å². The van der Waals surface area contributed by atoms with Gasteiger partial charge in [0.1, 0.15) is 5.75 Å². The Morgan fingerprint density at radius 2 is 2.00 bits per heavy atom. The van der Waals surface area contributed by atoms with E-state index in [9.17, 15) is 0 Å². The highest BCUT2D eigenvalue weighted by Gasteiger charge is 2.31. The van der Waals surface area contributed by atoms with Crippen LogP contribution in [-0.2, 0) is 0 Å². The predicted molar refractivity (Wildman–Crippen MR) is 74.2 cm³/mol. The summed E-state index contributed by atoms with van der Waals surface area (Å²) in [5.74, 6) is 1.73. The number of para-hydroxylation sites is 1. The van der Waals surface area contributed by atoms with Crippen molar-refractivity contribution < 1.29 is 4.74 Å². The van der Waals surface area contributed by atoms with Crippen LogP contribution >= 0.6 is 0 Å². The van der Waals surface area contributed by atoms with Crippen LogP contribution < -0.4 is 4.74 Å². The molecule has 98 valence electrons. The first kappa shape index (κ1) is 12.0. The van der Waals surface area contributed by atoms with Crippen molar-refractivity contribution in [3.63, 3.8) is 0 Å². The molecule has 2 aliphatic rings. The van der Waals surface area contributed by atoms with Crippen LogP contribution in [0.2, 0.25) is 0 Å². The lowest BCUT2D eigenvalue weighted by Gasteiger charge is -2.43. The average Bonchev–Trinajstić information content (AvgIpc) is 2.46. The van der Waals surface area contributed by atoms with Crippen molar-refractivity contribution in [2.75, 3.05) is 20.2 Å². The maximum atomic E-state index is 5.52. The van der Waals surface area contributed by atoms with Crippen molar-refractivity contribution in [3.05, 3.63) is 29.8 Å². The second-order valence-corrected chi connectivity index (χ2v) is 5.66. The SMILES string of the molecule is COc1ccccc1[C@H]1CC[C@@H]2CCCCN2C1. The average molecular weight is 245 g/mol. The zero-order chi connectivity index (χ0) is 12.4.